The number of rotatable bonds is 6. The standard InChI is InChI=1S/C21H28N8O/c1-27(2)18-16-17(25-21(26-18)29-12-10-22-11-13-29)24-19(28(3)4)20(23-16)30-14-15-8-6-5-7-9-15/h5-9,22H,10-14H2,1-4H3. The van der Waals surface area contributed by atoms with Gasteiger partial charge in [0.2, 0.25) is 5.95 Å². The molecule has 0 bridgehead atoms. The van der Waals surface area contributed by atoms with Crippen molar-refractivity contribution in [2.75, 3.05) is 69.1 Å². The van der Waals surface area contributed by atoms with E-state index in [4.69, 9.17) is 24.7 Å². The topological polar surface area (TPSA) is 82.5 Å². The lowest BCUT2D eigenvalue weighted by Gasteiger charge is -2.28. The van der Waals surface area contributed by atoms with Gasteiger partial charge in [-0.15, -0.1) is 0 Å². The van der Waals surface area contributed by atoms with Crippen LogP contribution in [0.15, 0.2) is 30.3 Å². The van der Waals surface area contributed by atoms with Gasteiger partial charge in [0.1, 0.15) is 6.61 Å². The van der Waals surface area contributed by atoms with Crippen molar-refractivity contribution in [3.63, 3.8) is 0 Å². The third kappa shape index (κ3) is 4.20. The van der Waals surface area contributed by atoms with Crippen molar-refractivity contribution in [1.29, 1.82) is 0 Å². The molecule has 1 aromatic carbocycles. The summed E-state index contributed by atoms with van der Waals surface area (Å²) in [4.78, 5) is 25.2. The van der Waals surface area contributed by atoms with E-state index in [2.05, 4.69) is 10.2 Å². The van der Waals surface area contributed by atoms with Gasteiger partial charge in [0.05, 0.1) is 0 Å². The van der Waals surface area contributed by atoms with E-state index in [0.29, 0.717) is 35.4 Å². The zero-order valence-electron chi connectivity index (χ0n) is 18.0. The summed E-state index contributed by atoms with van der Waals surface area (Å²) >= 11 is 0. The van der Waals surface area contributed by atoms with Crippen LogP contribution in [0, 0.1) is 0 Å². The molecule has 3 aromatic rings. The molecule has 0 atom stereocenters. The van der Waals surface area contributed by atoms with E-state index in [1.165, 1.54) is 0 Å². The predicted octanol–water partition coefficient (Wildman–Crippen LogP) is 1.54. The number of fused-ring (bicyclic) bond motifs is 1. The van der Waals surface area contributed by atoms with Crippen LogP contribution in [-0.4, -0.2) is 74.3 Å². The third-order valence-corrected chi connectivity index (χ3v) is 4.92. The largest absolute Gasteiger partial charge is 0.470 e. The van der Waals surface area contributed by atoms with E-state index >= 15 is 0 Å². The maximum absolute atomic E-state index is 6.07. The molecule has 1 N–H and O–H groups in total. The van der Waals surface area contributed by atoms with Crippen LogP contribution >= 0.6 is 0 Å². The quantitative estimate of drug-likeness (QED) is 0.653. The minimum absolute atomic E-state index is 0.416. The Labute approximate surface area is 176 Å². The van der Waals surface area contributed by atoms with Crippen molar-refractivity contribution in [3.8, 4) is 5.88 Å². The average Bonchev–Trinajstić information content (AvgIpc) is 2.77. The van der Waals surface area contributed by atoms with Gasteiger partial charge in [-0.25, -0.2) is 9.97 Å². The van der Waals surface area contributed by atoms with Crippen molar-refractivity contribution in [2.45, 2.75) is 6.61 Å². The van der Waals surface area contributed by atoms with Crippen molar-refractivity contribution in [3.05, 3.63) is 35.9 Å². The summed E-state index contributed by atoms with van der Waals surface area (Å²) in [5.41, 5.74) is 2.27. The van der Waals surface area contributed by atoms with E-state index in [-0.39, 0.29) is 0 Å². The number of anilines is 3. The molecule has 9 heteroatoms. The first-order chi connectivity index (χ1) is 14.5. The van der Waals surface area contributed by atoms with Gasteiger partial charge in [-0.2, -0.15) is 9.97 Å². The van der Waals surface area contributed by atoms with Gasteiger partial charge in [-0.05, 0) is 5.56 Å². The zero-order chi connectivity index (χ0) is 21.1. The van der Waals surface area contributed by atoms with Crippen LogP contribution in [0.2, 0.25) is 0 Å². The second kappa shape index (κ2) is 8.66. The fourth-order valence-electron chi connectivity index (χ4n) is 3.33. The van der Waals surface area contributed by atoms with E-state index in [9.17, 15) is 0 Å². The molecule has 9 nitrogen and oxygen atoms in total. The Hall–Kier alpha value is -3.20. The highest BCUT2D eigenvalue weighted by molar-refractivity contribution is 5.86. The molecule has 1 fully saturated rings. The zero-order valence-corrected chi connectivity index (χ0v) is 18.0. The molecule has 1 aliphatic rings. The SMILES string of the molecule is CN(C)c1nc2nc(N3CCNCC3)nc(N(C)C)c2nc1OCc1ccccc1. The lowest BCUT2D eigenvalue weighted by Crippen LogP contribution is -2.44. The number of piperazine rings is 1. The predicted molar refractivity (Wildman–Crippen MR) is 120 cm³/mol. The highest BCUT2D eigenvalue weighted by atomic mass is 16.5. The molecule has 158 valence electrons. The van der Waals surface area contributed by atoms with Gasteiger partial charge in [0, 0.05) is 54.4 Å². The average molecular weight is 409 g/mol. The molecule has 0 aliphatic carbocycles. The molecule has 30 heavy (non-hydrogen) atoms. The van der Waals surface area contributed by atoms with E-state index < -0.39 is 0 Å². The molecular weight excluding hydrogens is 380 g/mol. The number of hydrogen-bond donors (Lipinski definition) is 1. The van der Waals surface area contributed by atoms with Crippen LogP contribution in [0.1, 0.15) is 5.56 Å². The second-order valence-corrected chi connectivity index (χ2v) is 7.67. The van der Waals surface area contributed by atoms with Crippen LogP contribution in [0.3, 0.4) is 0 Å². The van der Waals surface area contributed by atoms with Crippen molar-refractivity contribution in [2.24, 2.45) is 0 Å². The highest BCUT2D eigenvalue weighted by Crippen LogP contribution is 2.30. The molecule has 3 heterocycles. The Morgan fingerprint density at radius 3 is 2.27 bits per heavy atom. The van der Waals surface area contributed by atoms with E-state index in [1.807, 2.05) is 68.3 Å². The maximum atomic E-state index is 6.07. The first kappa shape index (κ1) is 20.1. The van der Waals surface area contributed by atoms with Crippen LogP contribution in [0.25, 0.3) is 11.2 Å². The molecule has 0 amide bonds. The van der Waals surface area contributed by atoms with Crippen LogP contribution in [0.4, 0.5) is 17.6 Å². The van der Waals surface area contributed by atoms with Crippen LogP contribution < -0.4 is 24.8 Å². The summed E-state index contributed by atoms with van der Waals surface area (Å²) in [7, 11) is 7.76. The molecule has 0 saturated carbocycles. The van der Waals surface area contributed by atoms with Crippen LogP contribution in [-0.2, 0) is 6.61 Å². The molecule has 0 radical (unpaired) electrons. The van der Waals surface area contributed by atoms with Gasteiger partial charge in [0.15, 0.2) is 22.8 Å². The first-order valence-electron chi connectivity index (χ1n) is 10.1. The van der Waals surface area contributed by atoms with Crippen LogP contribution in [0.5, 0.6) is 5.88 Å². The van der Waals surface area contributed by atoms with Gasteiger partial charge >= 0.3 is 0 Å². The summed E-state index contributed by atoms with van der Waals surface area (Å²) in [6.45, 7) is 3.98. The van der Waals surface area contributed by atoms with Gasteiger partial charge < -0.3 is 24.8 Å². The minimum Gasteiger partial charge on any atom is -0.470 e. The Kier molecular flexibility index (Phi) is 5.80. The second-order valence-electron chi connectivity index (χ2n) is 7.67. The highest BCUT2D eigenvalue weighted by Gasteiger charge is 2.21. The van der Waals surface area contributed by atoms with E-state index in [1.54, 1.807) is 0 Å². The summed E-state index contributed by atoms with van der Waals surface area (Å²) < 4.78 is 6.07. The Morgan fingerprint density at radius 2 is 1.60 bits per heavy atom. The van der Waals surface area contributed by atoms with Gasteiger partial charge in [-0.3, -0.25) is 0 Å². The Bertz CT molecular complexity index is 1000. The third-order valence-electron chi connectivity index (χ3n) is 4.92. The summed E-state index contributed by atoms with van der Waals surface area (Å²) in [6.07, 6.45) is 0. The molecule has 1 saturated heterocycles. The van der Waals surface area contributed by atoms with Gasteiger partial charge in [-0.1, -0.05) is 30.3 Å². The van der Waals surface area contributed by atoms with Crippen molar-refractivity contribution < 1.29 is 4.74 Å². The fourth-order valence-corrected chi connectivity index (χ4v) is 3.33. The van der Waals surface area contributed by atoms with E-state index in [0.717, 1.165) is 37.6 Å². The normalized spacial score (nSPS) is 14.1. The van der Waals surface area contributed by atoms with Crippen molar-refractivity contribution >= 4 is 28.7 Å². The van der Waals surface area contributed by atoms with Gasteiger partial charge in [0.25, 0.3) is 5.88 Å². The fraction of sp³-hybridized carbons (Fsp3) is 0.429. The maximum Gasteiger partial charge on any atom is 0.258 e. The number of nitrogens with zero attached hydrogens (tertiary/aromatic N) is 7. The lowest BCUT2D eigenvalue weighted by molar-refractivity contribution is 0.294. The summed E-state index contributed by atoms with van der Waals surface area (Å²) in [6, 6.07) is 10.0. The summed E-state index contributed by atoms with van der Waals surface area (Å²) in [5.74, 6) is 2.53. The molecular formula is C21H28N8O. The number of aromatic nitrogens is 4. The molecule has 0 spiro atoms. The summed E-state index contributed by atoms with van der Waals surface area (Å²) in [5, 5.41) is 3.36. The number of benzene rings is 1. The number of hydrogen-bond acceptors (Lipinski definition) is 9. The first-order valence-corrected chi connectivity index (χ1v) is 10.1. The number of nitrogens with one attached hydrogen (secondary N) is 1. The van der Waals surface area contributed by atoms with Crippen molar-refractivity contribution in [1.82, 2.24) is 25.3 Å². The Morgan fingerprint density at radius 1 is 0.900 bits per heavy atom. The monoisotopic (exact) mass is 408 g/mol. The molecule has 2 aromatic heterocycles. The molecule has 4 rings (SSSR count). The lowest BCUT2D eigenvalue weighted by atomic mass is 10.2. The number of ether oxygens (including phenoxy) is 1. The molecule has 0 unspecified atom stereocenters. The smallest absolute Gasteiger partial charge is 0.258 e. The molecule has 1 aliphatic heterocycles. The Balaban J connectivity index is 1.76. The minimum atomic E-state index is 0.416.